The second kappa shape index (κ2) is 10.4. The van der Waals surface area contributed by atoms with Crippen molar-refractivity contribution in [1.82, 2.24) is 9.97 Å². The van der Waals surface area contributed by atoms with Gasteiger partial charge in [0, 0.05) is 18.3 Å². The zero-order valence-electron chi connectivity index (χ0n) is 16.7. The quantitative estimate of drug-likeness (QED) is 0.375. The van der Waals surface area contributed by atoms with Crippen molar-refractivity contribution in [1.29, 1.82) is 0 Å². The van der Waals surface area contributed by atoms with Gasteiger partial charge in [-0.1, -0.05) is 11.8 Å². The van der Waals surface area contributed by atoms with Gasteiger partial charge >= 0.3 is 12.0 Å². The Hall–Kier alpha value is -3.21. The molecule has 0 radical (unpaired) electrons. The first-order chi connectivity index (χ1) is 14.0. The van der Waals surface area contributed by atoms with E-state index in [1.165, 1.54) is 39.3 Å². The molecule has 0 fully saturated rings. The fraction of sp³-hybridized carbons (Fsp3) is 0.333. The molecule has 0 aliphatic carbocycles. The highest BCUT2D eigenvalue weighted by molar-refractivity contribution is 7.98. The minimum Gasteiger partial charge on any atom is -0.493 e. The summed E-state index contributed by atoms with van der Waals surface area (Å²) in [6, 6.07) is 2.51. The maximum atomic E-state index is 12.5. The average molecular weight is 422 g/mol. The SMILES string of the molecule is CCOC(=O)c1cnc(SC)nc1NC(=O)Nc1cc(OC)c(OC)c(OC)c1. The van der Waals surface area contributed by atoms with E-state index in [2.05, 4.69) is 20.6 Å². The van der Waals surface area contributed by atoms with Gasteiger partial charge in [0.2, 0.25) is 5.75 Å². The number of carbonyl (C=O) groups is 2. The van der Waals surface area contributed by atoms with Gasteiger partial charge in [0.05, 0.1) is 33.6 Å². The van der Waals surface area contributed by atoms with Crippen LogP contribution in [0, 0.1) is 0 Å². The van der Waals surface area contributed by atoms with Crippen molar-refractivity contribution in [3.05, 3.63) is 23.9 Å². The van der Waals surface area contributed by atoms with Crippen LogP contribution in [0.2, 0.25) is 0 Å². The van der Waals surface area contributed by atoms with E-state index in [9.17, 15) is 9.59 Å². The Morgan fingerprint density at radius 1 is 1.07 bits per heavy atom. The fourth-order valence-electron chi connectivity index (χ4n) is 2.34. The third-order valence-electron chi connectivity index (χ3n) is 3.60. The Labute approximate surface area is 172 Å². The summed E-state index contributed by atoms with van der Waals surface area (Å²) in [7, 11) is 4.42. The number of carbonyl (C=O) groups excluding carboxylic acids is 2. The number of ether oxygens (including phenoxy) is 4. The number of nitrogens with zero attached hydrogens (tertiary/aromatic N) is 2. The second-order valence-electron chi connectivity index (χ2n) is 5.33. The summed E-state index contributed by atoms with van der Waals surface area (Å²) in [5.41, 5.74) is 0.429. The average Bonchev–Trinajstić information content (AvgIpc) is 2.72. The number of esters is 1. The number of hydrogen-bond donors (Lipinski definition) is 2. The summed E-state index contributed by atoms with van der Waals surface area (Å²) in [6.07, 6.45) is 3.09. The third kappa shape index (κ3) is 5.41. The lowest BCUT2D eigenvalue weighted by Gasteiger charge is -2.15. The minimum atomic E-state index is -0.636. The van der Waals surface area contributed by atoms with Crippen LogP contribution in [0.5, 0.6) is 17.2 Å². The van der Waals surface area contributed by atoms with E-state index in [0.29, 0.717) is 28.1 Å². The molecule has 0 bridgehead atoms. The van der Waals surface area contributed by atoms with Crippen molar-refractivity contribution in [3.63, 3.8) is 0 Å². The normalized spacial score (nSPS) is 10.1. The van der Waals surface area contributed by atoms with Gasteiger partial charge in [0.15, 0.2) is 22.5 Å². The molecule has 0 unspecified atom stereocenters. The number of hydrogen-bond acceptors (Lipinski definition) is 9. The monoisotopic (exact) mass is 422 g/mol. The molecule has 1 aromatic carbocycles. The van der Waals surface area contributed by atoms with Crippen LogP contribution in [0.25, 0.3) is 0 Å². The Kier molecular flexibility index (Phi) is 7.89. The topological polar surface area (TPSA) is 121 Å². The molecule has 2 N–H and O–H groups in total. The first kappa shape index (κ1) is 22.1. The van der Waals surface area contributed by atoms with Crippen LogP contribution in [-0.4, -0.2) is 56.2 Å². The number of aromatic nitrogens is 2. The van der Waals surface area contributed by atoms with Gasteiger partial charge in [-0.25, -0.2) is 19.6 Å². The lowest BCUT2D eigenvalue weighted by atomic mass is 10.2. The molecule has 1 heterocycles. The van der Waals surface area contributed by atoms with E-state index < -0.39 is 12.0 Å². The maximum Gasteiger partial charge on any atom is 0.343 e. The number of amides is 2. The Bertz CT molecular complexity index is 868. The zero-order chi connectivity index (χ0) is 21.4. The molecule has 0 spiro atoms. The highest BCUT2D eigenvalue weighted by atomic mass is 32.2. The van der Waals surface area contributed by atoms with Gasteiger partial charge in [0.25, 0.3) is 0 Å². The predicted molar refractivity (Wildman–Crippen MR) is 109 cm³/mol. The number of methoxy groups -OCH3 is 3. The van der Waals surface area contributed by atoms with Crippen molar-refractivity contribution in [2.45, 2.75) is 12.1 Å². The molecule has 0 saturated heterocycles. The van der Waals surface area contributed by atoms with Crippen LogP contribution < -0.4 is 24.8 Å². The highest BCUT2D eigenvalue weighted by Gasteiger charge is 2.19. The molecule has 2 rings (SSSR count). The van der Waals surface area contributed by atoms with E-state index in [4.69, 9.17) is 18.9 Å². The molecule has 0 aliphatic heterocycles. The van der Waals surface area contributed by atoms with Gasteiger partial charge in [-0.05, 0) is 13.2 Å². The molecule has 11 heteroatoms. The van der Waals surface area contributed by atoms with Crippen LogP contribution in [0.3, 0.4) is 0 Å². The predicted octanol–water partition coefficient (Wildman–Crippen LogP) is 3.05. The molecule has 1 aromatic heterocycles. The summed E-state index contributed by atoms with van der Waals surface area (Å²) >= 11 is 1.27. The van der Waals surface area contributed by atoms with Crippen LogP contribution in [0.4, 0.5) is 16.3 Å². The number of nitrogens with one attached hydrogen (secondary N) is 2. The van der Waals surface area contributed by atoms with E-state index in [1.807, 2.05) is 0 Å². The lowest BCUT2D eigenvalue weighted by molar-refractivity contribution is 0.0526. The lowest BCUT2D eigenvalue weighted by Crippen LogP contribution is -2.23. The van der Waals surface area contributed by atoms with E-state index in [0.717, 1.165) is 0 Å². The molecule has 2 amide bonds. The summed E-state index contributed by atoms with van der Waals surface area (Å²) in [5, 5.41) is 5.58. The number of urea groups is 1. The van der Waals surface area contributed by atoms with Gasteiger partial charge in [0.1, 0.15) is 5.56 Å². The van der Waals surface area contributed by atoms with Crippen molar-refractivity contribution >= 4 is 35.3 Å². The largest absolute Gasteiger partial charge is 0.493 e. The molecule has 0 aliphatic rings. The van der Waals surface area contributed by atoms with Gasteiger partial charge in [-0.15, -0.1) is 0 Å². The summed E-state index contributed by atoms with van der Waals surface area (Å²) in [5.74, 6) is 0.545. The summed E-state index contributed by atoms with van der Waals surface area (Å²) in [4.78, 5) is 32.9. The highest BCUT2D eigenvalue weighted by Crippen LogP contribution is 2.39. The Morgan fingerprint density at radius 2 is 1.72 bits per heavy atom. The number of anilines is 2. The molecule has 10 nitrogen and oxygen atoms in total. The number of rotatable bonds is 8. The Balaban J connectivity index is 2.28. The summed E-state index contributed by atoms with van der Waals surface area (Å²) < 4.78 is 20.8. The summed E-state index contributed by atoms with van der Waals surface area (Å²) in [6.45, 7) is 1.86. The van der Waals surface area contributed by atoms with Gasteiger partial charge in [-0.2, -0.15) is 0 Å². The fourth-order valence-corrected chi connectivity index (χ4v) is 2.68. The van der Waals surface area contributed by atoms with Crippen molar-refractivity contribution in [3.8, 4) is 17.2 Å². The van der Waals surface area contributed by atoms with Gasteiger partial charge < -0.3 is 24.3 Å². The van der Waals surface area contributed by atoms with Crippen LogP contribution in [-0.2, 0) is 4.74 Å². The van der Waals surface area contributed by atoms with Crippen LogP contribution >= 0.6 is 11.8 Å². The smallest absolute Gasteiger partial charge is 0.343 e. The van der Waals surface area contributed by atoms with E-state index >= 15 is 0 Å². The number of thioether (sulfide) groups is 1. The van der Waals surface area contributed by atoms with Gasteiger partial charge in [-0.3, -0.25) is 5.32 Å². The first-order valence-electron chi connectivity index (χ1n) is 8.43. The zero-order valence-corrected chi connectivity index (χ0v) is 17.5. The van der Waals surface area contributed by atoms with Crippen LogP contribution in [0.1, 0.15) is 17.3 Å². The molecule has 29 heavy (non-hydrogen) atoms. The molecular formula is C18H22N4O6S. The number of benzene rings is 1. The minimum absolute atomic E-state index is 0.0349. The van der Waals surface area contributed by atoms with Crippen LogP contribution in [0.15, 0.2) is 23.5 Å². The standard InChI is InChI=1S/C18H22N4O6S/c1-6-28-16(23)11-9-19-18(29-5)22-15(11)21-17(24)20-10-7-12(25-2)14(27-4)13(8-10)26-3/h7-9H,6H2,1-5H3,(H2,19,20,21,22,24). The van der Waals surface area contributed by atoms with Crippen molar-refractivity contribution in [2.24, 2.45) is 0 Å². The van der Waals surface area contributed by atoms with Crippen molar-refractivity contribution in [2.75, 3.05) is 44.8 Å². The van der Waals surface area contributed by atoms with Crippen molar-refractivity contribution < 1.29 is 28.5 Å². The second-order valence-corrected chi connectivity index (χ2v) is 6.11. The van der Waals surface area contributed by atoms with E-state index in [-0.39, 0.29) is 18.0 Å². The molecular weight excluding hydrogens is 400 g/mol. The third-order valence-corrected chi connectivity index (χ3v) is 4.16. The maximum absolute atomic E-state index is 12.5. The molecule has 0 atom stereocenters. The molecule has 156 valence electrons. The van der Waals surface area contributed by atoms with E-state index in [1.54, 1.807) is 25.3 Å². The first-order valence-corrected chi connectivity index (χ1v) is 9.65. The molecule has 0 saturated carbocycles. The Morgan fingerprint density at radius 3 is 2.24 bits per heavy atom. The molecule has 2 aromatic rings.